The molecule has 2 aromatic rings. The Morgan fingerprint density at radius 1 is 1.38 bits per heavy atom. The minimum atomic E-state index is 0.295. The zero-order valence-corrected chi connectivity index (χ0v) is 6.81. The summed E-state index contributed by atoms with van der Waals surface area (Å²) >= 11 is 0. The van der Waals surface area contributed by atoms with E-state index in [-0.39, 0.29) is 0 Å². The van der Waals surface area contributed by atoms with E-state index in [1.807, 2.05) is 0 Å². The molecule has 2 heterocycles. The Morgan fingerprint density at radius 2 is 2.23 bits per heavy atom. The van der Waals surface area contributed by atoms with Crippen LogP contribution >= 0.6 is 0 Å². The zero-order valence-electron chi connectivity index (χ0n) is 6.81. The smallest absolute Gasteiger partial charge is 0.183 e. The normalized spacial score (nSPS) is 10.5. The van der Waals surface area contributed by atoms with Crippen LogP contribution in [0.2, 0.25) is 0 Å². The number of aromatic nitrogens is 4. The predicted octanol–water partition coefficient (Wildman–Crippen LogP) is -1.13. The molecule has 0 atom stereocenters. The molecule has 0 fully saturated rings. The SMILES string of the molecule is NCNc1ncnc2c1ncn2N. The molecular formula is C6H9N7. The number of nitrogen functional groups attached to an aromatic ring is 1. The largest absolute Gasteiger partial charge is 0.356 e. The number of nitrogens with zero attached hydrogens (tertiary/aromatic N) is 4. The molecule has 2 rings (SSSR count). The van der Waals surface area contributed by atoms with Crippen LogP contribution in [0.1, 0.15) is 0 Å². The zero-order chi connectivity index (χ0) is 9.26. The topological polar surface area (TPSA) is 108 Å². The Morgan fingerprint density at radius 3 is 3.00 bits per heavy atom. The van der Waals surface area contributed by atoms with E-state index < -0.39 is 0 Å². The minimum absolute atomic E-state index is 0.295. The van der Waals surface area contributed by atoms with Gasteiger partial charge in [-0.15, -0.1) is 0 Å². The maximum Gasteiger partial charge on any atom is 0.183 e. The number of hydrogen-bond donors (Lipinski definition) is 3. The van der Waals surface area contributed by atoms with Crippen LogP contribution in [0.4, 0.5) is 5.82 Å². The van der Waals surface area contributed by atoms with Crippen LogP contribution in [0.3, 0.4) is 0 Å². The molecule has 0 radical (unpaired) electrons. The summed E-state index contributed by atoms with van der Waals surface area (Å²) in [6.45, 7) is 0.295. The molecule has 0 amide bonds. The summed E-state index contributed by atoms with van der Waals surface area (Å²) in [4.78, 5) is 12.0. The number of fused-ring (bicyclic) bond motifs is 1. The molecule has 7 heteroatoms. The van der Waals surface area contributed by atoms with Crippen molar-refractivity contribution in [1.29, 1.82) is 0 Å². The molecule has 0 aliphatic carbocycles. The maximum atomic E-state index is 5.55. The molecule has 2 aromatic heterocycles. The Kier molecular flexibility index (Phi) is 1.71. The Bertz CT molecular complexity index is 420. The van der Waals surface area contributed by atoms with Crippen LogP contribution in [0.5, 0.6) is 0 Å². The van der Waals surface area contributed by atoms with E-state index in [4.69, 9.17) is 11.6 Å². The molecule has 0 aromatic carbocycles. The van der Waals surface area contributed by atoms with Gasteiger partial charge >= 0.3 is 0 Å². The van der Waals surface area contributed by atoms with Crippen molar-refractivity contribution >= 4 is 17.0 Å². The van der Waals surface area contributed by atoms with Gasteiger partial charge in [0.15, 0.2) is 17.0 Å². The van der Waals surface area contributed by atoms with Gasteiger partial charge in [-0.1, -0.05) is 0 Å². The molecular weight excluding hydrogens is 170 g/mol. The van der Waals surface area contributed by atoms with Crippen molar-refractivity contribution in [2.45, 2.75) is 0 Å². The van der Waals surface area contributed by atoms with Crippen molar-refractivity contribution < 1.29 is 0 Å². The molecule has 0 saturated carbocycles. The van der Waals surface area contributed by atoms with Gasteiger partial charge in [-0.2, -0.15) is 0 Å². The second kappa shape index (κ2) is 2.87. The third kappa shape index (κ3) is 1.14. The van der Waals surface area contributed by atoms with Crippen molar-refractivity contribution in [3.8, 4) is 0 Å². The summed E-state index contributed by atoms with van der Waals surface area (Å²) in [5.41, 5.74) is 6.52. The summed E-state index contributed by atoms with van der Waals surface area (Å²) in [6, 6.07) is 0. The average molecular weight is 179 g/mol. The fraction of sp³-hybridized carbons (Fsp3) is 0.167. The van der Waals surface area contributed by atoms with Crippen molar-refractivity contribution in [2.24, 2.45) is 5.73 Å². The lowest BCUT2D eigenvalue weighted by atomic mass is 10.5. The van der Waals surface area contributed by atoms with Gasteiger partial charge < -0.3 is 16.9 Å². The standard InChI is InChI=1S/C6H9N7/c7-1-9-5-4-6(11-2-10-5)13(8)3-12-4/h2-3H,1,7-8H2,(H,9,10,11). The van der Waals surface area contributed by atoms with Gasteiger partial charge in [0, 0.05) is 0 Å². The van der Waals surface area contributed by atoms with Gasteiger partial charge in [0.1, 0.15) is 12.7 Å². The first-order chi connectivity index (χ1) is 6.33. The Balaban J connectivity index is 2.63. The van der Waals surface area contributed by atoms with Gasteiger partial charge in [0.2, 0.25) is 0 Å². The quantitative estimate of drug-likeness (QED) is 0.397. The minimum Gasteiger partial charge on any atom is -0.356 e. The van der Waals surface area contributed by atoms with Gasteiger partial charge in [-0.3, -0.25) is 0 Å². The highest BCUT2D eigenvalue weighted by Crippen LogP contribution is 2.14. The number of rotatable bonds is 2. The first kappa shape index (κ1) is 7.74. The predicted molar refractivity (Wildman–Crippen MR) is 48.2 cm³/mol. The Labute approximate surface area is 73.8 Å². The summed E-state index contributed by atoms with van der Waals surface area (Å²) in [5, 5.41) is 2.86. The molecule has 0 unspecified atom stereocenters. The van der Waals surface area contributed by atoms with Crippen molar-refractivity contribution in [1.82, 2.24) is 19.6 Å². The van der Waals surface area contributed by atoms with Gasteiger partial charge in [0.05, 0.1) is 6.67 Å². The fourth-order valence-electron chi connectivity index (χ4n) is 1.08. The van der Waals surface area contributed by atoms with Crippen LogP contribution in [-0.4, -0.2) is 26.3 Å². The van der Waals surface area contributed by atoms with Crippen molar-refractivity contribution in [3.05, 3.63) is 12.7 Å². The molecule has 0 aliphatic heterocycles. The van der Waals surface area contributed by atoms with Gasteiger partial charge in [-0.05, 0) is 0 Å². The van der Waals surface area contributed by atoms with Crippen LogP contribution in [-0.2, 0) is 0 Å². The number of nitrogens with two attached hydrogens (primary N) is 2. The molecule has 13 heavy (non-hydrogen) atoms. The molecule has 5 N–H and O–H groups in total. The van der Waals surface area contributed by atoms with Crippen molar-refractivity contribution in [2.75, 3.05) is 17.8 Å². The number of anilines is 1. The average Bonchev–Trinajstić information content (AvgIpc) is 2.50. The fourth-order valence-corrected chi connectivity index (χ4v) is 1.08. The maximum absolute atomic E-state index is 5.55. The van der Waals surface area contributed by atoms with E-state index in [9.17, 15) is 0 Å². The number of nitrogens with one attached hydrogen (secondary N) is 1. The molecule has 0 saturated heterocycles. The molecule has 0 aliphatic rings. The summed E-state index contributed by atoms with van der Waals surface area (Å²) in [5.74, 6) is 6.14. The lowest BCUT2D eigenvalue weighted by Crippen LogP contribution is -2.13. The van der Waals surface area contributed by atoms with Crippen LogP contribution in [0.25, 0.3) is 11.2 Å². The second-order valence-corrected chi connectivity index (χ2v) is 2.43. The number of imidazole rings is 1. The van der Waals surface area contributed by atoms with E-state index in [0.29, 0.717) is 23.7 Å². The molecule has 0 spiro atoms. The highest BCUT2D eigenvalue weighted by molar-refractivity contribution is 5.82. The third-order valence-electron chi connectivity index (χ3n) is 1.63. The molecule has 0 bridgehead atoms. The van der Waals surface area contributed by atoms with Crippen LogP contribution < -0.4 is 16.9 Å². The highest BCUT2D eigenvalue weighted by Gasteiger charge is 2.06. The lowest BCUT2D eigenvalue weighted by molar-refractivity contribution is 1.01. The molecule has 68 valence electrons. The summed E-state index contributed by atoms with van der Waals surface area (Å²) < 4.78 is 1.33. The van der Waals surface area contributed by atoms with Crippen LogP contribution in [0, 0.1) is 0 Å². The van der Waals surface area contributed by atoms with Gasteiger partial charge in [-0.25, -0.2) is 19.6 Å². The second-order valence-electron chi connectivity index (χ2n) is 2.43. The van der Waals surface area contributed by atoms with E-state index in [2.05, 4.69) is 20.3 Å². The first-order valence-electron chi connectivity index (χ1n) is 3.70. The summed E-state index contributed by atoms with van der Waals surface area (Å²) in [6.07, 6.45) is 2.88. The number of hydrogen-bond acceptors (Lipinski definition) is 6. The van der Waals surface area contributed by atoms with E-state index in [1.165, 1.54) is 17.3 Å². The lowest BCUT2D eigenvalue weighted by Gasteiger charge is -2.01. The van der Waals surface area contributed by atoms with Crippen LogP contribution in [0.15, 0.2) is 12.7 Å². The third-order valence-corrected chi connectivity index (χ3v) is 1.63. The van der Waals surface area contributed by atoms with Gasteiger partial charge in [0.25, 0.3) is 0 Å². The highest BCUT2D eigenvalue weighted by atomic mass is 15.3. The monoisotopic (exact) mass is 179 g/mol. The first-order valence-corrected chi connectivity index (χ1v) is 3.70. The van der Waals surface area contributed by atoms with E-state index in [0.717, 1.165) is 0 Å². The summed E-state index contributed by atoms with van der Waals surface area (Å²) in [7, 11) is 0. The van der Waals surface area contributed by atoms with E-state index >= 15 is 0 Å². The van der Waals surface area contributed by atoms with E-state index in [1.54, 1.807) is 0 Å². The van der Waals surface area contributed by atoms with Crippen molar-refractivity contribution in [3.63, 3.8) is 0 Å². The molecule has 7 nitrogen and oxygen atoms in total. The Hall–Kier alpha value is -1.89.